The van der Waals surface area contributed by atoms with Crippen molar-refractivity contribution in [1.82, 2.24) is 25.0 Å². The normalized spacial score (nSPS) is 23.2. The van der Waals surface area contributed by atoms with Crippen molar-refractivity contribution in [2.45, 2.75) is 18.4 Å². The molecule has 0 saturated carbocycles. The van der Waals surface area contributed by atoms with Gasteiger partial charge < -0.3 is 14.1 Å². The molecule has 0 radical (unpaired) electrons. The first-order chi connectivity index (χ1) is 11.5. The van der Waals surface area contributed by atoms with Gasteiger partial charge in [-0.15, -0.1) is 10.2 Å². The van der Waals surface area contributed by atoms with E-state index in [1.165, 1.54) is 0 Å². The number of likely N-dealkylation sites (tertiary alicyclic amines) is 1. The van der Waals surface area contributed by atoms with Crippen LogP contribution in [0.15, 0.2) is 28.9 Å². The van der Waals surface area contributed by atoms with Crippen LogP contribution in [0.25, 0.3) is 11.5 Å². The van der Waals surface area contributed by atoms with Crippen molar-refractivity contribution < 1.29 is 13.9 Å². The average Bonchev–Trinajstić information content (AvgIpc) is 3.15. The highest BCUT2D eigenvalue weighted by atomic mass is 16.6. The van der Waals surface area contributed by atoms with Gasteiger partial charge in [-0.1, -0.05) is 0 Å². The number of hydrogen-bond donors (Lipinski definition) is 0. The zero-order valence-electron chi connectivity index (χ0n) is 13.7. The second-order valence-corrected chi connectivity index (χ2v) is 6.77. The molecule has 4 rings (SSSR count). The summed E-state index contributed by atoms with van der Waals surface area (Å²) in [7, 11) is 1.75. The van der Waals surface area contributed by atoms with Crippen molar-refractivity contribution in [1.29, 1.82) is 0 Å². The highest BCUT2D eigenvalue weighted by Gasteiger charge is 2.46. The van der Waals surface area contributed by atoms with Gasteiger partial charge in [-0.3, -0.25) is 9.88 Å². The molecule has 8 nitrogen and oxygen atoms in total. The Labute approximate surface area is 139 Å². The minimum Gasteiger partial charge on any atom is -0.443 e. The van der Waals surface area contributed by atoms with E-state index in [1.54, 1.807) is 24.3 Å². The van der Waals surface area contributed by atoms with Crippen LogP contribution >= 0.6 is 0 Å². The Kier molecular flexibility index (Phi) is 3.49. The van der Waals surface area contributed by atoms with E-state index >= 15 is 0 Å². The van der Waals surface area contributed by atoms with Crippen LogP contribution in [0.4, 0.5) is 4.79 Å². The monoisotopic (exact) mass is 329 g/mol. The van der Waals surface area contributed by atoms with Gasteiger partial charge in [0.05, 0.1) is 17.5 Å². The quantitative estimate of drug-likeness (QED) is 0.832. The van der Waals surface area contributed by atoms with E-state index in [0.717, 1.165) is 25.2 Å². The van der Waals surface area contributed by atoms with E-state index < -0.39 is 0 Å². The number of pyridine rings is 1. The van der Waals surface area contributed by atoms with Crippen LogP contribution in [0.5, 0.6) is 0 Å². The summed E-state index contributed by atoms with van der Waals surface area (Å²) in [5.41, 5.74) is 0.652. The fourth-order valence-electron chi connectivity index (χ4n) is 3.31. The van der Waals surface area contributed by atoms with Gasteiger partial charge >= 0.3 is 6.09 Å². The molecule has 2 aliphatic heterocycles. The lowest BCUT2D eigenvalue weighted by molar-refractivity contribution is 0.0218. The average molecular weight is 329 g/mol. The Morgan fingerprint density at radius 3 is 2.88 bits per heavy atom. The molecule has 2 aromatic rings. The molecule has 4 heterocycles. The van der Waals surface area contributed by atoms with Crippen LogP contribution in [-0.4, -0.2) is 70.4 Å². The summed E-state index contributed by atoms with van der Waals surface area (Å²) in [6.07, 6.45) is 3.10. The summed E-state index contributed by atoms with van der Waals surface area (Å²) < 4.78 is 11.1. The lowest BCUT2D eigenvalue weighted by Gasteiger charge is -2.46. The first-order valence-electron chi connectivity index (χ1n) is 7.92. The summed E-state index contributed by atoms with van der Waals surface area (Å²) in [5.74, 6) is 1.13. The van der Waals surface area contributed by atoms with Gasteiger partial charge in [0.1, 0.15) is 6.10 Å². The third kappa shape index (κ3) is 2.62. The van der Waals surface area contributed by atoms with Crippen molar-refractivity contribution >= 4 is 6.09 Å². The Bertz CT molecular complexity index is 741. The van der Waals surface area contributed by atoms with Crippen LogP contribution in [0.2, 0.25) is 0 Å². The van der Waals surface area contributed by atoms with Crippen molar-refractivity contribution in [2.24, 2.45) is 0 Å². The summed E-state index contributed by atoms with van der Waals surface area (Å²) in [6, 6.07) is 3.73. The standard InChI is InChI=1S/C16H19N5O3/c1-16(9-21(10-16)8-12-7-20(2)15(22)23-12)14-19-18-13(24-14)11-4-3-5-17-6-11/h3-6,12H,7-10H2,1-2H3. The second-order valence-electron chi connectivity index (χ2n) is 6.77. The minimum atomic E-state index is -0.249. The second kappa shape index (κ2) is 5.55. The molecule has 2 aromatic heterocycles. The molecule has 126 valence electrons. The molecule has 1 unspecified atom stereocenters. The Morgan fingerprint density at radius 1 is 1.38 bits per heavy atom. The van der Waals surface area contributed by atoms with E-state index in [2.05, 4.69) is 27.0 Å². The minimum absolute atomic E-state index is 0.0688. The van der Waals surface area contributed by atoms with E-state index in [4.69, 9.17) is 9.15 Å². The van der Waals surface area contributed by atoms with Gasteiger partial charge in [-0.05, 0) is 19.1 Å². The van der Waals surface area contributed by atoms with Gasteiger partial charge in [-0.2, -0.15) is 0 Å². The summed E-state index contributed by atoms with van der Waals surface area (Å²) in [4.78, 5) is 19.3. The van der Waals surface area contributed by atoms with E-state index in [0.29, 0.717) is 18.3 Å². The zero-order chi connectivity index (χ0) is 16.7. The molecule has 0 aromatic carbocycles. The topological polar surface area (TPSA) is 84.6 Å². The fraction of sp³-hybridized carbons (Fsp3) is 0.500. The van der Waals surface area contributed by atoms with Crippen LogP contribution in [-0.2, 0) is 10.2 Å². The van der Waals surface area contributed by atoms with Crippen LogP contribution in [0.3, 0.4) is 0 Å². The highest BCUT2D eigenvalue weighted by Crippen LogP contribution is 2.35. The maximum Gasteiger partial charge on any atom is 0.410 e. The van der Waals surface area contributed by atoms with Crippen molar-refractivity contribution in [2.75, 3.05) is 33.2 Å². The fourth-order valence-corrected chi connectivity index (χ4v) is 3.31. The molecule has 0 aliphatic carbocycles. The molecular formula is C16H19N5O3. The van der Waals surface area contributed by atoms with E-state index in [-0.39, 0.29) is 17.6 Å². The van der Waals surface area contributed by atoms with Gasteiger partial charge in [0.2, 0.25) is 11.8 Å². The summed E-state index contributed by atoms with van der Waals surface area (Å²) in [5, 5.41) is 8.34. The molecule has 24 heavy (non-hydrogen) atoms. The molecule has 0 bridgehead atoms. The van der Waals surface area contributed by atoms with E-state index in [1.807, 2.05) is 12.1 Å². The number of rotatable bonds is 4. The molecule has 2 aliphatic rings. The Morgan fingerprint density at radius 2 is 2.21 bits per heavy atom. The predicted octanol–water partition coefficient (Wildman–Crippen LogP) is 1.16. The number of nitrogens with zero attached hydrogens (tertiary/aromatic N) is 5. The largest absolute Gasteiger partial charge is 0.443 e. The van der Waals surface area contributed by atoms with E-state index in [9.17, 15) is 4.79 Å². The number of hydrogen-bond acceptors (Lipinski definition) is 7. The predicted molar refractivity (Wildman–Crippen MR) is 84.2 cm³/mol. The highest BCUT2D eigenvalue weighted by molar-refractivity contribution is 5.69. The molecule has 0 spiro atoms. The first kappa shape index (κ1) is 15.1. The molecule has 8 heteroatoms. The van der Waals surface area contributed by atoms with Gasteiger partial charge in [0.25, 0.3) is 0 Å². The number of aromatic nitrogens is 3. The molecule has 2 saturated heterocycles. The molecule has 1 atom stereocenters. The van der Waals surface area contributed by atoms with Crippen LogP contribution in [0.1, 0.15) is 12.8 Å². The van der Waals surface area contributed by atoms with Gasteiger partial charge in [0.15, 0.2) is 0 Å². The van der Waals surface area contributed by atoms with Crippen molar-refractivity contribution in [3.8, 4) is 11.5 Å². The third-order valence-electron chi connectivity index (χ3n) is 4.51. The zero-order valence-corrected chi connectivity index (χ0v) is 13.7. The lowest BCUT2D eigenvalue weighted by Crippen LogP contribution is -2.59. The van der Waals surface area contributed by atoms with Gasteiger partial charge in [-0.25, -0.2) is 4.79 Å². The lowest BCUT2D eigenvalue weighted by atomic mass is 9.81. The maximum atomic E-state index is 11.4. The number of cyclic esters (lactones) is 1. The number of carbonyl (C=O) groups excluding carboxylic acids is 1. The van der Waals surface area contributed by atoms with Crippen LogP contribution < -0.4 is 0 Å². The number of carbonyl (C=O) groups is 1. The molecule has 0 N–H and O–H groups in total. The Hall–Kier alpha value is -2.48. The number of ether oxygens (including phenoxy) is 1. The van der Waals surface area contributed by atoms with Crippen LogP contribution in [0, 0.1) is 0 Å². The number of amides is 1. The van der Waals surface area contributed by atoms with Gasteiger partial charge in [0, 0.05) is 39.1 Å². The Balaban J connectivity index is 1.38. The van der Waals surface area contributed by atoms with Crippen molar-refractivity contribution in [3.63, 3.8) is 0 Å². The number of likely N-dealkylation sites (N-methyl/N-ethyl adjacent to an activating group) is 1. The summed E-state index contributed by atoms with van der Waals surface area (Å²) in [6.45, 7) is 5.09. The molecule has 1 amide bonds. The SMILES string of the molecule is CN1CC(CN2CC(C)(c3nnc(-c4cccnc4)o3)C2)OC1=O. The smallest absolute Gasteiger partial charge is 0.410 e. The molecule has 2 fully saturated rings. The first-order valence-corrected chi connectivity index (χ1v) is 7.92. The maximum absolute atomic E-state index is 11.4. The molecular weight excluding hydrogens is 310 g/mol. The summed E-state index contributed by atoms with van der Waals surface area (Å²) >= 11 is 0. The van der Waals surface area contributed by atoms with Crippen molar-refractivity contribution in [3.05, 3.63) is 30.4 Å². The third-order valence-corrected chi connectivity index (χ3v) is 4.51.